The highest BCUT2D eigenvalue weighted by molar-refractivity contribution is 6.04. The summed E-state index contributed by atoms with van der Waals surface area (Å²) >= 11 is 0. The Morgan fingerprint density at radius 2 is 1.90 bits per heavy atom. The molecule has 164 valence electrons. The maximum atomic E-state index is 12.9. The highest BCUT2D eigenvalue weighted by Gasteiger charge is 2.36. The third-order valence-corrected chi connectivity index (χ3v) is 5.37. The molecule has 0 saturated carbocycles. The number of nitrogens with zero attached hydrogens (tertiary/aromatic N) is 2. The summed E-state index contributed by atoms with van der Waals surface area (Å²) in [4.78, 5) is 46.7. The number of alkyl halides is 3. The van der Waals surface area contributed by atoms with E-state index in [1.54, 1.807) is 0 Å². The molecule has 11 heteroatoms. The molecule has 1 fully saturated rings. The van der Waals surface area contributed by atoms with Crippen LogP contribution >= 0.6 is 0 Å². The molecule has 4 rings (SSSR count). The molecule has 0 bridgehead atoms. The Hall–Kier alpha value is -3.37. The average molecular weight is 435 g/mol. The van der Waals surface area contributed by atoms with Crippen LogP contribution in [0.2, 0.25) is 0 Å². The number of nitrogens with one attached hydrogen (secondary N) is 3. The van der Waals surface area contributed by atoms with Gasteiger partial charge in [0.1, 0.15) is 5.82 Å². The lowest BCUT2D eigenvalue weighted by atomic mass is 9.92. The van der Waals surface area contributed by atoms with Crippen LogP contribution in [0.5, 0.6) is 0 Å². The fourth-order valence-corrected chi connectivity index (χ4v) is 3.84. The van der Waals surface area contributed by atoms with Gasteiger partial charge in [0.05, 0.1) is 17.0 Å². The molecule has 1 unspecified atom stereocenters. The molecule has 2 aliphatic heterocycles. The molecule has 0 radical (unpaired) electrons. The summed E-state index contributed by atoms with van der Waals surface area (Å²) in [5, 5.41) is 4.91. The second-order valence-corrected chi connectivity index (χ2v) is 7.57. The summed E-state index contributed by atoms with van der Waals surface area (Å²) in [6.45, 7) is 1.43. The Morgan fingerprint density at radius 1 is 1.16 bits per heavy atom. The number of benzene rings is 1. The number of H-pyrrole nitrogens is 1. The van der Waals surface area contributed by atoms with Crippen LogP contribution in [0.25, 0.3) is 0 Å². The smallest absolute Gasteiger partial charge is 0.342 e. The first-order valence-electron chi connectivity index (χ1n) is 9.89. The van der Waals surface area contributed by atoms with Crippen molar-refractivity contribution in [1.82, 2.24) is 9.97 Å². The third kappa shape index (κ3) is 4.39. The number of aromatic nitrogens is 2. The molecule has 31 heavy (non-hydrogen) atoms. The van der Waals surface area contributed by atoms with E-state index in [0.29, 0.717) is 5.95 Å². The predicted octanol–water partition coefficient (Wildman–Crippen LogP) is 2.84. The van der Waals surface area contributed by atoms with Crippen LogP contribution in [0.4, 0.5) is 30.6 Å². The molecule has 3 N–H and O–H groups in total. The number of anilines is 3. The fourth-order valence-electron chi connectivity index (χ4n) is 3.84. The van der Waals surface area contributed by atoms with Gasteiger partial charge in [0.25, 0.3) is 5.56 Å². The number of rotatable bonds is 3. The first kappa shape index (κ1) is 20.9. The minimum absolute atomic E-state index is 0.00441. The predicted molar refractivity (Wildman–Crippen MR) is 107 cm³/mol. The summed E-state index contributed by atoms with van der Waals surface area (Å²) in [5.41, 5.74) is -1.57. The highest BCUT2D eigenvalue weighted by Crippen LogP contribution is 2.33. The Bertz CT molecular complexity index is 1080. The molecule has 2 aromatic rings. The zero-order valence-corrected chi connectivity index (χ0v) is 16.4. The quantitative estimate of drug-likeness (QED) is 0.687. The van der Waals surface area contributed by atoms with E-state index in [-0.39, 0.29) is 23.5 Å². The first-order chi connectivity index (χ1) is 14.7. The Kier molecular flexibility index (Phi) is 5.42. The van der Waals surface area contributed by atoms with Gasteiger partial charge < -0.3 is 15.5 Å². The molecule has 0 spiro atoms. The van der Waals surface area contributed by atoms with E-state index in [2.05, 4.69) is 20.6 Å². The van der Waals surface area contributed by atoms with Crippen LogP contribution < -0.4 is 21.1 Å². The van der Waals surface area contributed by atoms with Gasteiger partial charge in [-0.2, -0.15) is 18.2 Å². The molecule has 0 aliphatic carbocycles. The van der Waals surface area contributed by atoms with Crippen LogP contribution in [0.3, 0.4) is 0 Å². The molecule has 1 saturated heterocycles. The van der Waals surface area contributed by atoms with Crippen molar-refractivity contribution < 1.29 is 22.8 Å². The number of hydrogen-bond acceptors (Lipinski definition) is 5. The van der Waals surface area contributed by atoms with Gasteiger partial charge in [0, 0.05) is 25.2 Å². The van der Waals surface area contributed by atoms with E-state index in [1.165, 1.54) is 12.1 Å². The van der Waals surface area contributed by atoms with E-state index >= 15 is 0 Å². The van der Waals surface area contributed by atoms with E-state index in [1.807, 2.05) is 4.90 Å². The van der Waals surface area contributed by atoms with Gasteiger partial charge >= 0.3 is 6.18 Å². The lowest BCUT2D eigenvalue weighted by Crippen LogP contribution is -2.38. The summed E-state index contributed by atoms with van der Waals surface area (Å²) < 4.78 is 38.8. The minimum atomic E-state index is -4.57. The summed E-state index contributed by atoms with van der Waals surface area (Å²) in [6, 6.07) is 4.15. The summed E-state index contributed by atoms with van der Waals surface area (Å²) in [6.07, 6.45) is -1.89. The minimum Gasteiger partial charge on any atom is -0.342 e. The van der Waals surface area contributed by atoms with E-state index in [9.17, 15) is 27.6 Å². The largest absolute Gasteiger partial charge is 0.416 e. The normalized spacial score (nSPS) is 18.9. The van der Waals surface area contributed by atoms with Crippen molar-refractivity contribution in [3.05, 3.63) is 45.7 Å². The zero-order valence-electron chi connectivity index (χ0n) is 16.4. The van der Waals surface area contributed by atoms with Gasteiger partial charge in [-0.25, -0.2) is 0 Å². The van der Waals surface area contributed by atoms with E-state index in [4.69, 9.17) is 0 Å². The third-order valence-electron chi connectivity index (χ3n) is 5.37. The number of piperidine rings is 1. The molecule has 3 heterocycles. The molecule has 1 atom stereocenters. The van der Waals surface area contributed by atoms with Crippen molar-refractivity contribution in [1.29, 1.82) is 0 Å². The topological polar surface area (TPSA) is 107 Å². The van der Waals surface area contributed by atoms with Gasteiger partial charge in [-0.1, -0.05) is 6.07 Å². The molecular formula is C20H20F3N5O3. The first-order valence-corrected chi connectivity index (χ1v) is 9.89. The number of hydrogen-bond donors (Lipinski definition) is 3. The number of carbonyl (C=O) groups is 2. The summed E-state index contributed by atoms with van der Waals surface area (Å²) in [7, 11) is 0. The molecule has 1 aromatic carbocycles. The van der Waals surface area contributed by atoms with Crippen LogP contribution in [0.1, 0.15) is 42.7 Å². The van der Waals surface area contributed by atoms with Crippen LogP contribution in [-0.4, -0.2) is 34.9 Å². The SMILES string of the molecule is O=C1CC(C(=O)Nc2cccc(C(F)(F)F)c2)c2c(nc(N3CCCCC3)[nH]c2=O)N1. The number of fused-ring (bicyclic) bond motifs is 1. The van der Waals surface area contributed by atoms with Crippen molar-refractivity contribution in [3.63, 3.8) is 0 Å². The molecular weight excluding hydrogens is 415 g/mol. The standard InChI is InChI=1S/C20H20F3N5O3/c21-20(22,23)11-5-4-6-12(9-11)24-17(30)13-10-14(29)25-16-15(13)18(31)27-19(26-16)28-7-2-1-3-8-28/h4-6,9,13H,1-3,7-8,10H2,(H,24,30)(H2,25,26,27,29,31). The molecule has 2 aliphatic rings. The van der Waals surface area contributed by atoms with E-state index in [0.717, 1.165) is 44.5 Å². The monoisotopic (exact) mass is 435 g/mol. The number of carbonyl (C=O) groups excluding carboxylic acids is 2. The van der Waals surface area contributed by atoms with Crippen LogP contribution in [0, 0.1) is 0 Å². The Balaban J connectivity index is 1.62. The van der Waals surface area contributed by atoms with Crippen molar-refractivity contribution in [2.24, 2.45) is 0 Å². The summed E-state index contributed by atoms with van der Waals surface area (Å²) in [5.74, 6) is -2.11. The lowest BCUT2D eigenvalue weighted by molar-refractivity contribution is -0.137. The second kappa shape index (κ2) is 8.05. The van der Waals surface area contributed by atoms with Crippen molar-refractivity contribution >= 4 is 29.3 Å². The number of amides is 2. The molecule has 8 nitrogen and oxygen atoms in total. The molecule has 2 amide bonds. The van der Waals surface area contributed by atoms with E-state index < -0.39 is 35.0 Å². The average Bonchev–Trinajstić information content (AvgIpc) is 2.73. The second-order valence-electron chi connectivity index (χ2n) is 7.57. The Labute approximate surface area is 174 Å². The van der Waals surface area contributed by atoms with Crippen molar-refractivity contribution in [3.8, 4) is 0 Å². The maximum Gasteiger partial charge on any atom is 0.416 e. The highest BCUT2D eigenvalue weighted by atomic mass is 19.4. The lowest BCUT2D eigenvalue weighted by Gasteiger charge is -2.29. The van der Waals surface area contributed by atoms with Gasteiger partial charge in [-0.05, 0) is 37.5 Å². The van der Waals surface area contributed by atoms with Crippen LogP contribution in [0.15, 0.2) is 29.1 Å². The Morgan fingerprint density at radius 3 is 2.61 bits per heavy atom. The van der Waals surface area contributed by atoms with Crippen molar-refractivity contribution in [2.75, 3.05) is 28.6 Å². The number of halogens is 3. The van der Waals surface area contributed by atoms with Crippen LogP contribution in [-0.2, 0) is 15.8 Å². The van der Waals surface area contributed by atoms with Gasteiger partial charge in [-0.15, -0.1) is 0 Å². The van der Waals surface area contributed by atoms with Gasteiger partial charge in [-0.3, -0.25) is 19.4 Å². The molecule has 1 aromatic heterocycles. The van der Waals surface area contributed by atoms with Gasteiger partial charge in [0.2, 0.25) is 17.8 Å². The number of aromatic amines is 1. The van der Waals surface area contributed by atoms with Crippen molar-refractivity contribution in [2.45, 2.75) is 37.8 Å². The van der Waals surface area contributed by atoms with Gasteiger partial charge in [0.15, 0.2) is 0 Å². The maximum absolute atomic E-state index is 12.9. The zero-order chi connectivity index (χ0) is 22.2. The fraction of sp³-hybridized carbons (Fsp3) is 0.400.